The number of aryl methyl sites for hydroxylation is 2. The summed E-state index contributed by atoms with van der Waals surface area (Å²) in [6.45, 7) is 4.65. The fourth-order valence-electron chi connectivity index (χ4n) is 1.16. The van der Waals surface area contributed by atoms with E-state index in [2.05, 4.69) is 14.1 Å². The van der Waals surface area contributed by atoms with Gasteiger partial charge < -0.3 is 9.73 Å². The Kier molecular flexibility index (Phi) is 2.49. The quantitative estimate of drug-likeness (QED) is 0.843. The molecule has 2 aromatic rings. The molecule has 0 atom stereocenters. The highest BCUT2D eigenvalue weighted by Gasteiger charge is 2.03. The van der Waals surface area contributed by atoms with E-state index in [0.717, 1.165) is 17.3 Å². The number of hydrogen-bond acceptors (Lipinski definition) is 5. The first kappa shape index (κ1) is 9.21. The van der Waals surface area contributed by atoms with Gasteiger partial charge in [-0.2, -0.15) is 8.75 Å². The SMILES string of the molecule is Cc1cc(CNc2cnsn2)oc1C. The van der Waals surface area contributed by atoms with Crippen LogP contribution in [0.2, 0.25) is 0 Å². The molecule has 5 heteroatoms. The summed E-state index contributed by atoms with van der Waals surface area (Å²) in [5, 5.41) is 3.12. The van der Waals surface area contributed by atoms with E-state index >= 15 is 0 Å². The summed E-state index contributed by atoms with van der Waals surface area (Å²) in [6, 6.07) is 2.03. The van der Waals surface area contributed by atoms with Gasteiger partial charge >= 0.3 is 0 Å². The minimum absolute atomic E-state index is 0.653. The lowest BCUT2D eigenvalue weighted by Gasteiger charge is -1.97. The van der Waals surface area contributed by atoms with E-state index in [0.29, 0.717) is 6.54 Å². The number of nitrogens with one attached hydrogen (secondary N) is 1. The first-order chi connectivity index (χ1) is 6.75. The summed E-state index contributed by atoms with van der Waals surface area (Å²) in [5.41, 5.74) is 1.18. The molecule has 1 N–H and O–H groups in total. The Balaban J connectivity index is 1.98. The van der Waals surface area contributed by atoms with Crippen LogP contribution in [-0.4, -0.2) is 8.75 Å². The molecule has 2 aromatic heterocycles. The smallest absolute Gasteiger partial charge is 0.160 e. The number of nitrogens with zero attached hydrogens (tertiary/aromatic N) is 2. The summed E-state index contributed by atoms with van der Waals surface area (Å²) in [7, 11) is 0. The normalized spacial score (nSPS) is 10.4. The molecular weight excluding hydrogens is 198 g/mol. The predicted molar refractivity (Wildman–Crippen MR) is 55.4 cm³/mol. The van der Waals surface area contributed by atoms with Crippen LogP contribution >= 0.6 is 11.7 Å². The van der Waals surface area contributed by atoms with Crippen molar-refractivity contribution in [2.24, 2.45) is 0 Å². The van der Waals surface area contributed by atoms with Crippen molar-refractivity contribution in [3.63, 3.8) is 0 Å². The van der Waals surface area contributed by atoms with Gasteiger partial charge in [-0.15, -0.1) is 0 Å². The predicted octanol–water partition coefficient (Wildman–Crippen LogP) is 2.36. The number of furan rings is 1. The Hall–Kier alpha value is -1.36. The topological polar surface area (TPSA) is 51.0 Å². The van der Waals surface area contributed by atoms with Crippen LogP contribution in [0.5, 0.6) is 0 Å². The minimum atomic E-state index is 0.653. The highest BCUT2D eigenvalue weighted by Crippen LogP contribution is 2.14. The molecule has 0 aliphatic rings. The lowest BCUT2D eigenvalue weighted by molar-refractivity contribution is 0.488. The molecular formula is C9H11N3OS. The van der Waals surface area contributed by atoms with Crippen LogP contribution in [-0.2, 0) is 6.54 Å². The van der Waals surface area contributed by atoms with Crippen molar-refractivity contribution in [3.8, 4) is 0 Å². The zero-order valence-electron chi connectivity index (χ0n) is 8.07. The second-order valence-electron chi connectivity index (χ2n) is 3.10. The van der Waals surface area contributed by atoms with E-state index in [9.17, 15) is 0 Å². The molecule has 0 saturated heterocycles. The van der Waals surface area contributed by atoms with Crippen LogP contribution < -0.4 is 5.32 Å². The molecule has 0 amide bonds. The Morgan fingerprint density at radius 2 is 2.36 bits per heavy atom. The molecule has 0 fully saturated rings. The number of hydrogen-bond donors (Lipinski definition) is 1. The van der Waals surface area contributed by atoms with E-state index < -0.39 is 0 Å². The first-order valence-electron chi connectivity index (χ1n) is 4.33. The van der Waals surface area contributed by atoms with Gasteiger partial charge in [-0.1, -0.05) is 0 Å². The van der Waals surface area contributed by atoms with E-state index in [1.165, 1.54) is 17.3 Å². The highest BCUT2D eigenvalue weighted by atomic mass is 32.1. The lowest BCUT2D eigenvalue weighted by atomic mass is 10.3. The molecule has 2 heterocycles. The third-order valence-corrected chi connectivity index (χ3v) is 2.50. The fraction of sp³-hybridized carbons (Fsp3) is 0.333. The van der Waals surface area contributed by atoms with Crippen LogP contribution in [0.1, 0.15) is 17.1 Å². The average Bonchev–Trinajstić information content (AvgIpc) is 2.74. The maximum atomic E-state index is 5.51. The molecule has 0 aliphatic carbocycles. The van der Waals surface area contributed by atoms with Crippen molar-refractivity contribution in [2.45, 2.75) is 20.4 Å². The Bertz CT molecular complexity index is 388. The summed E-state index contributed by atoms with van der Waals surface area (Å²) in [4.78, 5) is 0. The Labute approximate surface area is 86.3 Å². The molecule has 0 saturated carbocycles. The number of rotatable bonds is 3. The summed E-state index contributed by atoms with van der Waals surface area (Å²) in [6.07, 6.45) is 1.70. The largest absolute Gasteiger partial charge is 0.464 e. The summed E-state index contributed by atoms with van der Waals surface area (Å²) in [5.74, 6) is 2.69. The molecule has 74 valence electrons. The van der Waals surface area contributed by atoms with E-state index in [-0.39, 0.29) is 0 Å². The standard InChI is InChI=1S/C9H11N3OS/c1-6-3-8(13-7(6)2)4-10-9-5-11-14-12-9/h3,5H,4H2,1-2H3,(H,10,12). The third kappa shape index (κ3) is 1.93. The zero-order chi connectivity index (χ0) is 9.97. The van der Waals surface area contributed by atoms with E-state index in [1.807, 2.05) is 19.9 Å². The molecule has 0 bridgehead atoms. The number of anilines is 1. The van der Waals surface area contributed by atoms with Crippen molar-refractivity contribution < 1.29 is 4.42 Å². The molecule has 14 heavy (non-hydrogen) atoms. The highest BCUT2D eigenvalue weighted by molar-refractivity contribution is 6.99. The first-order valence-corrected chi connectivity index (χ1v) is 5.06. The van der Waals surface area contributed by atoms with Gasteiger partial charge in [0.25, 0.3) is 0 Å². The maximum Gasteiger partial charge on any atom is 0.160 e. The van der Waals surface area contributed by atoms with Crippen molar-refractivity contribution in [2.75, 3.05) is 5.32 Å². The van der Waals surface area contributed by atoms with Crippen molar-refractivity contribution in [1.82, 2.24) is 8.75 Å². The van der Waals surface area contributed by atoms with Crippen molar-refractivity contribution in [3.05, 3.63) is 29.3 Å². The molecule has 0 aliphatic heterocycles. The molecule has 0 aromatic carbocycles. The summed E-state index contributed by atoms with van der Waals surface area (Å²) >= 11 is 1.19. The van der Waals surface area contributed by atoms with Gasteiger partial charge in [0.1, 0.15) is 11.5 Å². The van der Waals surface area contributed by atoms with Crippen LogP contribution in [0.4, 0.5) is 5.82 Å². The molecule has 0 radical (unpaired) electrons. The van der Waals surface area contributed by atoms with Gasteiger partial charge in [0.15, 0.2) is 5.82 Å². The van der Waals surface area contributed by atoms with E-state index in [4.69, 9.17) is 4.42 Å². The minimum Gasteiger partial charge on any atom is -0.464 e. The van der Waals surface area contributed by atoms with Crippen molar-refractivity contribution in [1.29, 1.82) is 0 Å². The van der Waals surface area contributed by atoms with Gasteiger partial charge in [-0.05, 0) is 25.5 Å². The van der Waals surface area contributed by atoms with E-state index in [1.54, 1.807) is 6.20 Å². The third-order valence-electron chi connectivity index (χ3n) is 2.02. The van der Waals surface area contributed by atoms with Crippen LogP contribution in [0.15, 0.2) is 16.7 Å². The fourth-order valence-corrected chi connectivity index (χ4v) is 1.55. The lowest BCUT2D eigenvalue weighted by Crippen LogP contribution is -1.97. The van der Waals surface area contributed by atoms with Crippen LogP contribution in [0, 0.1) is 13.8 Å². The van der Waals surface area contributed by atoms with Gasteiger partial charge in [-0.25, -0.2) is 0 Å². The molecule has 0 unspecified atom stereocenters. The molecule has 4 nitrogen and oxygen atoms in total. The summed E-state index contributed by atoms with van der Waals surface area (Å²) < 4.78 is 13.4. The molecule has 0 spiro atoms. The number of aromatic nitrogens is 2. The van der Waals surface area contributed by atoms with Crippen molar-refractivity contribution >= 4 is 17.5 Å². The van der Waals surface area contributed by atoms with Gasteiger partial charge in [-0.3, -0.25) is 0 Å². The second kappa shape index (κ2) is 3.79. The average molecular weight is 209 g/mol. The Morgan fingerprint density at radius 1 is 1.50 bits per heavy atom. The van der Waals surface area contributed by atoms with Gasteiger partial charge in [0.05, 0.1) is 24.5 Å². The second-order valence-corrected chi connectivity index (χ2v) is 3.65. The Morgan fingerprint density at radius 3 is 2.93 bits per heavy atom. The van der Waals surface area contributed by atoms with Gasteiger partial charge in [0.2, 0.25) is 0 Å². The van der Waals surface area contributed by atoms with Crippen LogP contribution in [0.25, 0.3) is 0 Å². The maximum absolute atomic E-state index is 5.51. The van der Waals surface area contributed by atoms with Crippen LogP contribution in [0.3, 0.4) is 0 Å². The monoisotopic (exact) mass is 209 g/mol. The zero-order valence-corrected chi connectivity index (χ0v) is 8.89. The molecule has 2 rings (SSSR count). The van der Waals surface area contributed by atoms with Gasteiger partial charge in [0, 0.05) is 0 Å².